The highest BCUT2D eigenvalue weighted by Crippen LogP contribution is 2.49. The van der Waals surface area contributed by atoms with Crippen LogP contribution in [0.3, 0.4) is 0 Å². The molecule has 0 amide bonds. The van der Waals surface area contributed by atoms with Crippen LogP contribution in [0, 0.1) is 11.8 Å². The minimum absolute atomic E-state index is 0.0154. The Morgan fingerprint density at radius 3 is 2.39 bits per heavy atom. The molecule has 1 aromatic heterocycles. The van der Waals surface area contributed by atoms with E-state index in [2.05, 4.69) is 9.89 Å². The molecule has 0 saturated heterocycles. The summed E-state index contributed by atoms with van der Waals surface area (Å²) in [6, 6.07) is 11.2. The fraction of sp³-hybridized carbons (Fsp3) is 0.448. The van der Waals surface area contributed by atoms with Gasteiger partial charge in [-0.25, -0.2) is 13.2 Å². The predicted molar refractivity (Wildman–Crippen MR) is 139 cm³/mol. The summed E-state index contributed by atoms with van der Waals surface area (Å²) in [4.78, 5) is 11.4. The molecule has 3 saturated carbocycles. The zero-order chi connectivity index (χ0) is 28.9. The molecular weight excluding hydrogens is 563 g/mol. The molecule has 3 aliphatic carbocycles. The number of aromatic nitrogens is 1. The highest BCUT2D eigenvalue weighted by Gasteiger charge is 2.50. The summed E-state index contributed by atoms with van der Waals surface area (Å²) in [7, 11) is -3.76. The van der Waals surface area contributed by atoms with Crippen molar-refractivity contribution in [2.45, 2.75) is 73.7 Å². The minimum Gasteiger partial charge on any atom is -0.478 e. The Labute approximate surface area is 234 Å². The van der Waals surface area contributed by atoms with E-state index in [0.717, 1.165) is 25.7 Å². The molecule has 41 heavy (non-hydrogen) atoms. The van der Waals surface area contributed by atoms with Crippen LogP contribution in [0.4, 0.5) is 13.2 Å². The third-order valence-electron chi connectivity index (χ3n) is 8.33. The Morgan fingerprint density at radius 2 is 1.73 bits per heavy atom. The van der Waals surface area contributed by atoms with Gasteiger partial charge in [-0.3, -0.25) is 0 Å². The molecule has 1 N–H and O–H groups in total. The van der Waals surface area contributed by atoms with Crippen LogP contribution in [0.25, 0.3) is 11.3 Å². The third kappa shape index (κ3) is 5.59. The Balaban J connectivity index is 1.21. The fourth-order valence-corrected chi connectivity index (χ4v) is 8.82. The normalized spacial score (nSPS) is 24.4. The number of hydrogen-bond donors (Lipinski definition) is 1. The first-order chi connectivity index (χ1) is 19.5. The van der Waals surface area contributed by atoms with E-state index in [1.807, 2.05) is 0 Å². The smallest absolute Gasteiger partial charge is 0.478 e. The highest BCUT2D eigenvalue weighted by atomic mass is 32.2. The summed E-state index contributed by atoms with van der Waals surface area (Å²) in [5.41, 5.74) is 0.897. The number of rotatable bonds is 9. The average molecular weight is 592 g/mol. The van der Waals surface area contributed by atoms with Gasteiger partial charge in [0.15, 0.2) is 9.84 Å². The second kappa shape index (κ2) is 10.5. The van der Waals surface area contributed by atoms with E-state index in [1.54, 1.807) is 6.07 Å². The molecule has 3 aromatic rings. The molecule has 1 heterocycles. The Bertz CT molecular complexity index is 1550. The van der Waals surface area contributed by atoms with E-state index in [1.165, 1.54) is 42.5 Å². The van der Waals surface area contributed by atoms with Crippen molar-refractivity contribution >= 4 is 15.8 Å². The summed E-state index contributed by atoms with van der Waals surface area (Å²) in [6.45, 7) is 0.0627. The second-order valence-electron chi connectivity index (χ2n) is 11.0. The molecule has 2 unspecified atom stereocenters. The first-order valence-electron chi connectivity index (χ1n) is 13.5. The van der Waals surface area contributed by atoms with Gasteiger partial charge < -0.3 is 19.1 Å². The number of carboxylic acid groups (broad SMARTS) is 1. The van der Waals surface area contributed by atoms with Crippen LogP contribution < -0.4 is 4.74 Å². The van der Waals surface area contributed by atoms with Gasteiger partial charge in [-0.1, -0.05) is 23.4 Å². The average Bonchev–Trinajstić information content (AvgIpc) is 3.62. The van der Waals surface area contributed by atoms with E-state index in [4.69, 9.17) is 9.26 Å². The van der Waals surface area contributed by atoms with Gasteiger partial charge in [0.1, 0.15) is 17.2 Å². The number of carbonyl (C=O) groups is 1. The maximum Gasteiger partial charge on any atom is 0.573 e. The molecule has 218 valence electrons. The number of halogens is 3. The van der Waals surface area contributed by atoms with E-state index in [9.17, 15) is 31.5 Å². The monoisotopic (exact) mass is 591 g/mol. The van der Waals surface area contributed by atoms with Crippen LogP contribution in [0.15, 0.2) is 57.9 Å². The van der Waals surface area contributed by atoms with Gasteiger partial charge in [0.05, 0.1) is 28.4 Å². The molecule has 3 aliphatic rings. The number of aromatic carboxylic acids is 1. The van der Waals surface area contributed by atoms with Gasteiger partial charge in [-0.2, -0.15) is 0 Å². The highest BCUT2D eigenvalue weighted by molar-refractivity contribution is 7.92. The topological polar surface area (TPSA) is 116 Å². The van der Waals surface area contributed by atoms with Gasteiger partial charge in [-0.05, 0) is 80.7 Å². The Kier molecular flexibility index (Phi) is 7.09. The third-order valence-corrected chi connectivity index (χ3v) is 10.7. The van der Waals surface area contributed by atoms with E-state index in [-0.39, 0.29) is 57.9 Å². The zero-order valence-corrected chi connectivity index (χ0v) is 22.7. The summed E-state index contributed by atoms with van der Waals surface area (Å²) in [6.07, 6.45) is -0.888. The summed E-state index contributed by atoms with van der Waals surface area (Å²) < 4.78 is 82.5. The molecule has 6 rings (SSSR count). The summed E-state index contributed by atoms with van der Waals surface area (Å²) in [5, 5.41) is 12.8. The molecule has 2 atom stereocenters. The van der Waals surface area contributed by atoms with Crippen molar-refractivity contribution < 1.29 is 45.5 Å². The quantitative estimate of drug-likeness (QED) is 0.306. The minimum atomic E-state index is -4.87. The van der Waals surface area contributed by atoms with Crippen molar-refractivity contribution in [3.05, 3.63) is 65.4 Å². The molecule has 2 bridgehead atoms. The van der Waals surface area contributed by atoms with Crippen molar-refractivity contribution in [3.8, 4) is 17.0 Å². The van der Waals surface area contributed by atoms with Crippen LogP contribution >= 0.6 is 0 Å². The van der Waals surface area contributed by atoms with Gasteiger partial charge in [0.25, 0.3) is 0 Å². The van der Waals surface area contributed by atoms with Crippen molar-refractivity contribution in [1.82, 2.24) is 5.16 Å². The lowest BCUT2D eigenvalue weighted by Crippen LogP contribution is -2.40. The molecule has 0 aliphatic heterocycles. The fourth-order valence-electron chi connectivity index (χ4n) is 6.44. The van der Waals surface area contributed by atoms with Gasteiger partial charge in [0.2, 0.25) is 0 Å². The Hall–Kier alpha value is -3.38. The van der Waals surface area contributed by atoms with Crippen LogP contribution in [0.5, 0.6) is 5.75 Å². The Morgan fingerprint density at radius 1 is 1.02 bits per heavy atom. The zero-order valence-electron chi connectivity index (χ0n) is 21.8. The van der Waals surface area contributed by atoms with Crippen LogP contribution in [0.1, 0.15) is 66.1 Å². The lowest BCUT2D eigenvalue weighted by Gasteiger charge is -2.35. The SMILES string of the molecule is O=C(O)c1cccc(S(=O)(=O)C2C3CCC2CC(OCc2c(-c4ccccc4OC(F)(F)F)noc2C2CC2)C3)c1. The molecule has 2 aromatic carbocycles. The molecule has 12 heteroatoms. The van der Waals surface area contributed by atoms with Crippen molar-refractivity contribution in [2.75, 3.05) is 0 Å². The first kappa shape index (κ1) is 27.8. The van der Waals surface area contributed by atoms with Crippen LogP contribution in [-0.4, -0.2) is 42.4 Å². The van der Waals surface area contributed by atoms with Crippen molar-refractivity contribution in [2.24, 2.45) is 11.8 Å². The molecule has 0 radical (unpaired) electrons. The molecular formula is C29H28F3NO7S. The van der Waals surface area contributed by atoms with E-state index in [0.29, 0.717) is 24.2 Å². The maximum atomic E-state index is 13.6. The number of sulfone groups is 1. The van der Waals surface area contributed by atoms with Crippen molar-refractivity contribution in [3.63, 3.8) is 0 Å². The molecule has 8 nitrogen and oxygen atoms in total. The number of para-hydroxylation sites is 1. The lowest BCUT2D eigenvalue weighted by molar-refractivity contribution is -0.274. The maximum absolute atomic E-state index is 13.6. The number of fused-ring (bicyclic) bond motifs is 2. The molecule has 3 fully saturated rings. The second-order valence-corrected chi connectivity index (χ2v) is 13.1. The number of nitrogens with zero attached hydrogens (tertiary/aromatic N) is 1. The molecule has 0 spiro atoms. The van der Waals surface area contributed by atoms with Crippen LogP contribution in [-0.2, 0) is 21.2 Å². The van der Waals surface area contributed by atoms with E-state index < -0.39 is 27.4 Å². The standard InChI is InChI=1S/C29H28F3NO7S/c30-29(31,32)39-24-7-2-1-6-22(24)25-23(26(40-33-25)16-8-9-16)15-38-20-12-17-10-11-18(13-20)27(17)41(36,37)21-5-3-4-19(14-21)28(34)35/h1-7,14,16-18,20,27H,8-13,15H2,(H,34,35). The van der Waals surface area contributed by atoms with E-state index >= 15 is 0 Å². The van der Waals surface area contributed by atoms with Crippen molar-refractivity contribution in [1.29, 1.82) is 0 Å². The number of alkyl halides is 3. The van der Waals surface area contributed by atoms with Crippen LogP contribution in [0.2, 0.25) is 0 Å². The summed E-state index contributed by atoms with van der Waals surface area (Å²) >= 11 is 0. The van der Waals surface area contributed by atoms with Gasteiger partial charge in [0, 0.05) is 17.0 Å². The number of carboxylic acids is 1. The lowest BCUT2D eigenvalue weighted by atomic mass is 9.86. The number of ether oxygens (including phenoxy) is 2. The number of hydrogen-bond acceptors (Lipinski definition) is 7. The predicted octanol–water partition coefficient (Wildman–Crippen LogP) is 6.36. The first-order valence-corrected chi connectivity index (χ1v) is 15.1. The largest absolute Gasteiger partial charge is 0.573 e. The van der Waals surface area contributed by atoms with Gasteiger partial charge >= 0.3 is 12.3 Å². The van der Waals surface area contributed by atoms with Gasteiger partial charge in [-0.15, -0.1) is 13.2 Å². The number of benzene rings is 2. The summed E-state index contributed by atoms with van der Waals surface area (Å²) in [5.74, 6) is -1.14.